The summed E-state index contributed by atoms with van der Waals surface area (Å²) in [5.41, 5.74) is 0.333. The van der Waals surface area contributed by atoms with Gasteiger partial charge in [-0.3, -0.25) is 14.9 Å². The molecule has 0 unspecified atom stereocenters. The summed E-state index contributed by atoms with van der Waals surface area (Å²) in [4.78, 5) is 26.0. The first kappa shape index (κ1) is 20.7. The molecule has 3 rings (SSSR count). The second-order valence-corrected chi connectivity index (χ2v) is 7.41. The third-order valence-electron chi connectivity index (χ3n) is 3.84. The van der Waals surface area contributed by atoms with Crippen LogP contribution >= 0.6 is 0 Å². The summed E-state index contributed by atoms with van der Waals surface area (Å²) < 4.78 is 34.6. The number of nitrogens with one attached hydrogen (secondary N) is 1. The molecule has 1 heterocycles. The Balaban J connectivity index is 1.71. The summed E-state index contributed by atoms with van der Waals surface area (Å²) in [6, 6.07) is 13.1. The monoisotopic (exact) mass is 429 g/mol. The number of rotatable bonds is 7. The van der Waals surface area contributed by atoms with Gasteiger partial charge in [-0.25, -0.2) is 4.98 Å². The van der Waals surface area contributed by atoms with E-state index in [1.165, 1.54) is 55.8 Å². The fraction of sp³-hybridized carbons (Fsp3) is 0.0526. The smallest absolute Gasteiger partial charge is 0.339 e. The Labute approximate surface area is 171 Å². The molecule has 30 heavy (non-hydrogen) atoms. The predicted molar refractivity (Wildman–Crippen MR) is 106 cm³/mol. The van der Waals surface area contributed by atoms with Crippen LogP contribution in [-0.2, 0) is 10.1 Å². The van der Waals surface area contributed by atoms with Gasteiger partial charge in [0.15, 0.2) is 0 Å². The summed E-state index contributed by atoms with van der Waals surface area (Å²) in [5, 5.41) is 13.5. The van der Waals surface area contributed by atoms with E-state index in [0.29, 0.717) is 11.6 Å². The van der Waals surface area contributed by atoms with Gasteiger partial charge in [0.1, 0.15) is 10.6 Å². The molecule has 0 radical (unpaired) electrons. The molecule has 10 nitrogen and oxygen atoms in total. The summed E-state index contributed by atoms with van der Waals surface area (Å²) in [5.74, 6) is -0.0845. The largest absolute Gasteiger partial charge is 0.481 e. The number of benzene rings is 2. The molecule has 3 aromatic rings. The Hall–Kier alpha value is -3.99. The highest BCUT2D eigenvalue weighted by Crippen LogP contribution is 2.22. The third-order valence-corrected chi connectivity index (χ3v) is 5.09. The van der Waals surface area contributed by atoms with Gasteiger partial charge in [-0.15, -0.1) is 0 Å². The number of hydrogen-bond acceptors (Lipinski definition) is 8. The second kappa shape index (κ2) is 8.57. The van der Waals surface area contributed by atoms with Crippen LogP contribution in [0.4, 0.5) is 11.4 Å². The molecule has 1 aromatic heterocycles. The van der Waals surface area contributed by atoms with Crippen molar-refractivity contribution in [3.05, 3.63) is 82.5 Å². The summed E-state index contributed by atoms with van der Waals surface area (Å²) in [6.07, 6.45) is 1.43. The van der Waals surface area contributed by atoms with Gasteiger partial charge in [-0.05, 0) is 36.4 Å². The van der Waals surface area contributed by atoms with Crippen molar-refractivity contribution in [1.82, 2.24) is 4.98 Å². The van der Waals surface area contributed by atoms with Gasteiger partial charge in [-0.1, -0.05) is 6.07 Å². The van der Waals surface area contributed by atoms with Crippen LogP contribution in [0, 0.1) is 10.1 Å². The molecule has 0 aliphatic carbocycles. The standard InChI is InChI=1S/C19H15N3O7S/c1-28-18-10-7-14(12-20-18)21-19(23)13-5-8-16(9-6-13)29-30(26,27)17-4-2-3-15(11-17)22(24)25/h2-12H,1H3,(H,21,23). The molecule has 0 aliphatic rings. The second-order valence-electron chi connectivity index (χ2n) is 5.86. The lowest BCUT2D eigenvalue weighted by Crippen LogP contribution is -2.13. The van der Waals surface area contributed by atoms with Gasteiger partial charge in [0.05, 0.1) is 23.9 Å². The molecule has 0 atom stereocenters. The Morgan fingerprint density at radius 3 is 2.43 bits per heavy atom. The number of nitro groups is 1. The number of aromatic nitrogens is 1. The molecular weight excluding hydrogens is 414 g/mol. The highest BCUT2D eigenvalue weighted by molar-refractivity contribution is 7.87. The number of non-ortho nitro benzene ring substituents is 1. The lowest BCUT2D eigenvalue weighted by atomic mass is 10.2. The van der Waals surface area contributed by atoms with Crippen molar-refractivity contribution in [3.8, 4) is 11.6 Å². The number of anilines is 1. The van der Waals surface area contributed by atoms with Crippen LogP contribution in [0.2, 0.25) is 0 Å². The lowest BCUT2D eigenvalue weighted by Gasteiger charge is -2.08. The fourth-order valence-electron chi connectivity index (χ4n) is 2.37. The van der Waals surface area contributed by atoms with E-state index >= 15 is 0 Å². The van der Waals surface area contributed by atoms with Gasteiger partial charge in [0.25, 0.3) is 11.6 Å². The van der Waals surface area contributed by atoms with E-state index in [2.05, 4.69) is 10.3 Å². The topological polar surface area (TPSA) is 138 Å². The predicted octanol–water partition coefficient (Wildman–Crippen LogP) is 3.02. The van der Waals surface area contributed by atoms with Crippen molar-refractivity contribution < 1.29 is 27.1 Å². The van der Waals surface area contributed by atoms with Crippen molar-refractivity contribution >= 4 is 27.4 Å². The molecule has 154 valence electrons. The minimum absolute atomic E-state index is 0.0517. The molecule has 0 bridgehead atoms. The first-order chi connectivity index (χ1) is 14.3. The molecule has 0 spiro atoms. The zero-order valence-corrected chi connectivity index (χ0v) is 16.3. The Morgan fingerprint density at radius 1 is 1.10 bits per heavy atom. The summed E-state index contributed by atoms with van der Waals surface area (Å²) in [6.45, 7) is 0. The molecule has 0 saturated heterocycles. The van der Waals surface area contributed by atoms with E-state index in [9.17, 15) is 23.3 Å². The minimum Gasteiger partial charge on any atom is -0.481 e. The number of nitro benzene ring substituents is 1. The Bertz CT molecular complexity index is 1180. The number of carbonyl (C=O) groups excluding carboxylic acids is 1. The quantitative estimate of drug-likeness (QED) is 0.344. The van der Waals surface area contributed by atoms with Crippen LogP contribution in [0.1, 0.15) is 10.4 Å². The van der Waals surface area contributed by atoms with Crippen molar-refractivity contribution in [3.63, 3.8) is 0 Å². The normalized spacial score (nSPS) is 10.8. The number of methoxy groups -OCH3 is 1. The average Bonchev–Trinajstić information content (AvgIpc) is 2.74. The first-order valence-electron chi connectivity index (χ1n) is 8.39. The zero-order chi connectivity index (χ0) is 21.7. The number of amides is 1. The Morgan fingerprint density at radius 2 is 1.83 bits per heavy atom. The van der Waals surface area contributed by atoms with Gasteiger partial charge in [0, 0.05) is 23.8 Å². The van der Waals surface area contributed by atoms with Gasteiger partial charge in [0.2, 0.25) is 5.88 Å². The third kappa shape index (κ3) is 4.89. The van der Waals surface area contributed by atoms with Gasteiger partial charge < -0.3 is 14.2 Å². The van der Waals surface area contributed by atoms with Crippen molar-refractivity contribution in [2.45, 2.75) is 4.90 Å². The molecule has 0 fully saturated rings. The SMILES string of the molecule is COc1ccc(NC(=O)c2ccc(OS(=O)(=O)c3cccc([N+](=O)[O-])c3)cc2)cn1. The highest BCUT2D eigenvalue weighted by Gasteiger charge is 2.20. The lowest BCUT2D eigenvalue weighted by molar-refractivity contribution is -0.385. The van der Waals surface area contributed by atoms with Crippen LogP contribution < -0.4 is 14.2 Å². The summed E-state index contributed by atoms with van der Waals surface area (Å²) >= 11 is 0. The Kier molecular flexibility index (Phi) is 5.93. The van der Waals surface area contributed by atoms with Crippen LogP contribution in [0.5, 0.6) is 11.6 Å². The maximum Gasteiger partial charge on any atom is 0.339 e. The average molecular weight is 429 g/mol. The van der Waals surface area contributed by atoms with Gasteiger partial charge in [-0.2, -0.15) is 8.42 Å². The van der Waals surface area contributed by atoms with E-state index in [-0.39, 0.29) is 21.9 Å². The maximum absolute atomic E-state index is 12.3. The van der Waals surface area contributed by atoms with Crippen LogP contribution in [-0.4, -0.2) is 31.3 Å². The van der Waals surface area contributed by atoms with Crippen LogP contribution in [0.3, 0.4) is 0 Å². The van der Waals surface area contributed by atoms with E-state index in [4.69, 9.17) is 8.92 Å². The van der Waals surface area contributed by atoms with E-state index in [1.54, 1.807) is 12.1 Å². The number of pyridine rings is 1. The van der Waals surface area contributed by atoms with Crippen LogP contribution in [0.25, 0.3) is 0 Å². The maximum atomic E-state index is 12.3. The number of nitrogens with zero attached hydrogens (tertiary/aromatic N) is 2. The number of ether oxygens (including phenoxy) is 1. The van der Waals surface area contributed by atoms with E-state index in [0.717, 1.165) is 6.07 Å². The number of carbonyl (C=O) groups is 1. The highest BCUT2D eigenvalue weighted by atomic mass is 32.2. The first-order valence-corrected chi connectivity index (χ1v) is 9.80. The van der Waals surface area contributed by atoms with Crippen molar-refractivity contribution in [1.29, 1.82) is 0 Å². The molecule has 0 aliphatic heterocycles. The molecule has 1 amide bonds. The zero-order valence-electron chi connectivity index (χ0n) is 15.5. The fourth-order valence-corrected chi connectivity index (χ4v) is 3.34. The van der Waals surface area contributed by atoms with Crippen molar-refractivity contribution in [2.24, 2.45) is 0 Å². The minimum atomic E-state index is -4.28. The molecular formula is C19H15N3O7S. The molecule has 0 saturated carbocycles. The number of hydrogen-bond donors (Lipinski definition) is 1. The molecule has 2 aromatic carbocycles. The van der Waals surface area contributed by atoms with E-state index in [1.807, 2.05) is 0 Å². The van der Waals surface area contributed by atoms with Crippen molar-refractivity contribution in [2.75, 3.05) is 12.4 Å². The van der Waals surface area contributed by atoms with Crippen LogP contribution in [0.15, 0.2) is 71.8 Å². The molecule has 11 heteroatoms. The van der Waals surface area contributed by atoms with Gasteiger partial charge >= 0.3 is 10.1 Å². The van der Waals surface area contributed by atoms with E-state index < -0.39 is 20.9 Å². The summed E-state index contributed by atoms with van der Waals surface area (Å²) in [7, 11) is -2.81. The molecule has 1 N–H and O–H groups in total.